The number of fused-ring (bicyclic) bond motifs is 1. The molecule has 13 heteroatoms. The molecule has 0 saturated carbocycles. The van der Waals surface area contributed by atoms with Gasteiger partial charge in [0.05, 0.1) is 35.5 Å². The van der Waals surface area contributed by atoms with Crippen LogP contribution in [-0.2, 0) is 16.0 Å². The van der Waals surface area contributed by atoms with Crippen LogP contribution in [0.5, 0.6) is 11.5 Å². The summed E-state index contributed by atoms with van der Waals surface area (Å²) in [6.07, 6.45) is 1.23. The molecule has 0 atom stereocenters. The van der Waals surface area contributed by atoms with Crippen molar-refractivity contribution in [1.82, 2.24) is 20.2 Å². The number of benzene rings is 2. The van der Waals surface area contributed by atoms with Crippen molar-refractivity contribution in [3.63, 3.8) is 0 Å². The van der Waals surface area contributed by atoms with Gasteiger partial charge >= 0.3 is 0 Å². The molecule has 3 N–H and O–H groups in total. The predicted octanol–water partition coefficient (Wildman–Crippen LogP) is 4.20. The molecule has 0 radical (unpaired) electrons. The normalized spacial score (nSPS) is 10.9. The Morgan fingerprint density at radius 1 is 1.11 bits per heavy atom. The average Bonchev–Trinajstić information content (AvgIpc) is 3.32. The molecule has 0 unspecified atom stereocenters. The third kappa shape index (κ3) is 6.60. The number of hydrogen-bond donors (Lipinski definition) is 3. The lowest BCUT2D eigenvalue weighted by Gasteiger charge is -2.14. The highest BCUT2D eigenvalue weighted by Gasteiger charge is 2.16. The summed E-state index contributed by atoms with van der Waals surface area (Å²) in [7, 11) is 1.58. The number of hydrogen-bond acceptors (Lipinski definition) is 8. The minimum absolute atomic E-state index is 0.151. The smallest absolute Gasteiger partial charge is 0.230 e. The number of carbonyl (C=O) groups is 1. The molecule has 194 valence electrons. The summed E-state index contributed by atoms with van der Waals surface area (Å²) in [6, 6.07) is 8.60. The lowest BCUT2D eigenvalue weighted by Crippen LogP contribution is -2.16. The van der Waals surface area contributed by atoms with Gasteiger partial charge in [-0.25, -0.2) is 18.7 Å². The van der Waals surface area contributed by atoms with Gasteiger partial charge in [0, 0.05) is 31.0 Å². The molecule has 10 nitrogen and oxygen atoms in total. The van der Waals surface area contributed by atoms with E-state index in [0.29, 0.717) is 52.9 Å². The number of aromatic nitrogens is 4. The van der Waals surface area contributed by atoms with Crippen LogP contribution in [0.1, 0.15) is 5.69 Å². The van der Waals surface area contributed by atoms with Crippen LogP contribution in [0.4, 0.5) is 26.1 Å². The molecule has 2 aromatic carbocycles. The van der Waals surface area contributed by atoms with Crippen molar-refractivity contribution in [2.75, 3.05) is 43.4 Å². The van der Waals surface area contributed by atoms with Gasteiger partial charge in [0.15, 0.2) is 17.5 Å². The maximum absolute atomic E-state index is 13.8. The fourth-order valence-corrected chi connectivity index (χ4v) is 3.50. The zero-order valence-corrected chi connectivity index (χ0v) is 20.4. The minimum atomic E-state index is -1.13. The fraction of sp³-hybridized carbons (Fsp3) is 0.250. The second-order valence-corrected chi connectivity index (χ2v) is 8.02. The Balaban J connectivity index is 1.52. The molecule has 0 spiro atoms. The van der Waals surface area contributed by atoms with Crippen molar-refractivity contribution in [3.8, 4) is 11.5 Å². The maximum atomic E-state index is 13.8. The number of carbonyl (C=O) groups excluding carboxylic acids is 1. The van der Waals surface area contributed by atoms with E-state index >= 15 is 0 Å². The molecular weight excluding hydrogens is 510 g/mol. The summed E-state index contributed by atoms with van der Waals surface area (Å²) >= 11 is 5.82. The monoisotopic (exact) mass is 532 g/mol. The van der Waals surface area contributed by atoms with E-state index in [-0.39, 0.29) is 24.6 Å². The lowest BCUT2D eigenvalue weighted by atomic mass is 10.2. The maximum Gasteiger partial charge on any atom is 0.230 e. The van der Waals surface area contributed by atoms with Gasteiger partial charge in [0.25, 0.3) is 0 Å². The van der Waals surface area contributed by atoms with Gasteiger partial charge in [-0.3, -0.25) is 9.89 Å². The van der Waals surface area contributed by atoms with Gasteiger partial charge in [-0.1, -0.05) is 6.07 Å². The number of rotatable bonds is 12. The Morgan fingerprint density at radius 3 is 2.78 bits per heavy atom. The topological polar surface area (TPSA) is 123 Å². The van der Waals surface area contributed by atoms with E-state index in [1.807, 2.05) is 0 Å². The van der Waals surface area contributed by atoms with E-state index in [1.165, 1.54) is 18.5 Å². The van der Waals surface area contributed by atoms with Crippen molar-refractivity contribution >= 4 is 45.7 Å². The summed E-state index contributed by atoms with van der Waals surface area (Å²) in [6.45, 7) is 1.02. The van der Waals surface area contributed by atoms with Crippen LogP contribution in [0.2, 0.25) is 0 Å². The highest BCUT2D eigenvalue weighted by Crippen LogP contribution is 2.35. The third-order valence-corrected chi connectivity index (χ3v) is 5.17. The lowest BCUT2D eigenvalue weighted by molar-refractivity contribution is -0.115. The molecule has 0 aliphatic carbocycles. The van der Waals surface area contributed by atoms with Crippen molar-refractivity contribution < 1.29 is 27.8 Å². The zero-order chi connectivity index (χ0) is 26.2. The van der Waals surface area contributed by atoms with E-state index in [1.54, 1.807) is 25.3 Å². The van der Waals surface area contributed by atoms with E-state index in [0.717, 1.165) is 6.07 Å². The molecule has 1 amide bonds. The Morgan fingerprint density at radius 2 is 1.97 bits per heavy atom. The second kappa shape index (κ2) is 12.3. The van der Waals surface area contributed by atoms with Crippen LogP contribution in [0, 0.1) is 11.6 Å². The number of ether oxygens (including phenoxy) is 3. The first-order valence-corrected chi connectivity index (χ1v) is 11.7. The quantitative estimate of drug-likeness (QED) is 0.183. The van der Waals surface area contributed by atoms with E-state index in [4.69, 9.17) is 25.8 Å². The van der Waals surface area contributed by atoms with Crippen LogP contribution in [0.25, 0.3) is 10.9 Å². The van der Waals surface area contributed by atoms with Crippen LogP contribution in [-0.4, -0.2) is 58.9 Å². The minimum Gasteiger partial charge on any atom is -0.491 e. The SMILES string of the molecule is COCCOc1cc(OCCCl)c2c(Nc3cc(CC(=O)Nc4cccc(F)c4F)[nH]n3)ncnc2c1. The van der Waals surface area contributed by atoms with Crippen LogP contribution in [0.15, 0.2) is 42.7 Å². The molecule has 0 bridgehead atoms. The van der Waals surface area contributed by atoms with E-state index in [9.17, 15) is 13.6 Å². The highest BCUT2D eigenvalue weighted by molar-refractivity contribution is 6.18. The fourth-order valence-electron chi connectivity index (χ4n) is 3.42. The number of H-pyrrole nitrogens is 1. The molecule has 0 aliphatic heterocycles. The molecule has 0 aliphatic rings. The van der Waals surface area contributed by atoms with Crippen LogP contribution >= 0.6 is 11.6 Å². The first-order valence-electron chi connectivity index (χ1n) is 11.1. The Labute approximate surface area is 215 Å². The first-order chi connectivity index (χ1) is 18.0. The van der Waals surface area contributed by atoms with Gasteiger partial charge in [0.1, 0.15) is 36.9 Å². The van der Waals surface area contributed by atoms with Crippen molar-refractivity contribution in [2.45, 2.75) is 6.42 Å². The van der Waals surface area contributed by atoms with Crippen molar-refractivity contribution in [1.29, 1.82) is 0 Å². The number of aromatic amines is 1. The van der Waals surface area contributed by atoms with Gasteiger partial charge in [0.2, 0.25) is 5.91 Å². The molecular formula is C24H23ClF2N6O4. The second-order valence-electron chi connectivity index (χ2n) is 7.65. The number of methoxy groups -OCH3 is 1. The molecule has 0 fully saturated rings. The van der Waals surface area contributed by atoms with Gasteiger partial charge in [-0.2, -0.15) is 5.10 Å². The summed E-state index contributed by atoms with van der Waals surface area (Å²) in [5, 5.41) is 12.9. The number of nitrogens with one attached hydrogen (secondary N) is 3. The number of anilines is 3. The molecule has 2 heterocycles. The summed E-state index contributed by atoms with van der Waals surface area (Å²) in [5.41, 5.74) is 0.747. The summed E-state index contributed by atoms with van der Waals surface area (Å²) in [5.74, 6) is -0.682. The number of alkyl halides is 1. The Bertz CT molecular complexity index is 1390. The standard InChI is InChI=1S/C24H23ClF2N6O4/c1-35-7-8-36-15-11-18-22(19(12-15)37-6-5-25)24(29-13-28-18)31-20-9-14(32-33-20)10-21(34)30-17-4-2-3-16(26)23(17)27/h2-4,9,11-13H,5-8,10H2,1H3,(H,30,34)(H2,28,29,31,32,33). The predicted molar refractivity (Wildman–Crippen MR) is 134 cm³/mol. The molecule has 2 aromatic heterocycles. The number of nitrogens with zero attached hydrogens (tertiary/aromatic N) is 3. The van der Waals surface area contributed by atoms with Gasteiger partial charge in [-0.15, -0.1) is 11.6 Å². The Hall–Kier alpha value is -4.03. The third-order valence-electron chi connectivity index (χ3n) is 5.02. The largest absolute Gasteiger partial charge is 0.491 e. The summed E-state index contributed by atoms with van der Waals surface area (Å²) < 4.78 is 43.8. The van der Waals surface area contributed by atoms with E-state index < -0.39 is 17.5 Å². The van der Waals surface area contributed by atoms with Gasteiger partial charge in [-0.05, 0) is 12.1 Å². The van der Waals surface area contributed by atoms with Crippen LogP contribution in [0.3, 0.4) is 0 Å². The molecule has 4 rings (SSSR count). The van der Waals surface area contributed by atoms with Crippen LogP contribution < -0.4 is 20.1 Å². The number of amides is 1. The van der Waals surface area contributed by atoms with Crippen molar-refractivity contribution in [3.05, 3.63) is 60.1 Å². The van der Waals surface area contributed by atoms with E-state index in [2.05, 4.69) is 30.8 Å². The Kier molecular flexibility index (Phi) is 8.64. The number of halogens is 3. The molecule has 0 saturated heterocycles. The average molecular weight is 533 g/mol. The van der Waals surface area contributed by atoms with Gasteiger partial charge < -0.3 is 24.8 Å². The zero-order valence-electron chi connectivity index (χ0n) is 19.7. The molecule has 4 aromatic rings. The summed E-state index contributed by atoms with van der Waals surface area (Å²) in [4.78, 5) is 21.0. The highest BCUT2D eigenvalue weighted by atomic mass is 35.5. The van der Waals surface area contributed by atoms with Crippen molar-refractivity contribution in [2.24, 2.45) is 0 Å². The molecule has 37 heavy (non-hydrogen) atoms. The first kappa shape index (κ1) is 26.0.